The summed E-state index contributed by atoms with van der Waals surface area (Å²) in [7, 11) is 0. The van der Waals surface area contributed by atoms with E-state index in [1.807, 2.05) is 13.0 Å². The first-order valence-electron chi connectivity index (χ1n) is 4.39. The van der Waals surface area contributed by atoms with E-state index in [0.29, 0.717) is 0 Å². The SMILES string of the molecule is C/C(=C\C#N)c1cc(C)c(Br)c(C)c1. The van der Waals surface area contributed by atoms with Crippen LogP contribution in [0.15, 0.2) is 22.7 Å². The van der Waals surface area contributed by atoms with Gasteiger partial charge in [-0.3, -0.25) is 0 Å². The van der Waals surface area contributed by atoms with Gasteiger partial charge in [-0.2, -0.15) is 5.26 Å². The van der Waals surface area contributed by atoms with Crippen molar-refractivity contribution >= 4 is 21.5 Å². The second kappa shape index (κ2) is 4.43. The molecule has 0 amide bonds. The van der Waals surface area contributed by atoms with E-state index in [0.717, 1.165) is 15.6 Å². The van der Waals surface area contributed by atoms with Gasteiger partial charge in [0.15, 0.2) is 0 Å². The van der Waals surface area contributed by atoms with Crippen LogP contribution >= 0.6 is 15.9 Å². The van der Waals surface area contributed by atoms with Crippen LogP contribution in [0.1, 0.15) is 23.6 Å². The quantitative estimate of drug-likeness (QED) is 0.691. The minimum atomic E-state index is 1.01. The number of halogens is 1. The van der Waals surface area contributed by atoms with Crippen LogP contribution in [-0.4, -0.2) is 0 Å². The Morgan fingerprint density at radius 1 is 1.36 bits per heavy atom. The number of nitriles is 1. The lowest BCUT2D eigenvalue weighted by molar-refractivity contribution is 1.32. The van der Waals surface area contributed by atoms with Crippen molar-refractivity contribution in [2.24, 2.45) is 0 Å². The van der Waals surface area contributed by atoms with Gasteiger partial charge in [-0.25, -0.2) is 0 Å². The highest BCUT2D eigenvalue weighted by molar-refractivity contribution is 9.10. The number of benzene rings is 1. The molecule has 0 aromatic heterocycles. The zero-order valence-electron chi connectivity index (χ0n) is 8.56. The minimum Gasteiger partial charge on any atom is -0.193 e. The van der Waals surface area contributed by atoms with Crippen LogP contribution in [0.25, 0.3) is 5.57 Å². The maximum atomic E-state index is 8.56. The first-order valence-corrected chi connectivity index (χ1v) is 5.19. The van der Waals surface area contributed by atoms with Crippen LogP contribution in [-0.2, 0) is 0 Å². The molecule has 0 spiro atoms. The maximum Gasteiger partial charge on any atom is 0.0915 e. The summed E-state index contributed by atoms with van der Waals surface area (Å²) in [5.74, 6) is 0. The highest BCUT2D eigenvalue weighted by Crippen LogP contribution is 2.25. The highest BCUT2D eigenvalue weighted by Gasteiger charge is 2.03. The van der Waals surface area contributed by atoms with Crippen molar-refractivity contribution in [3.63, 3.8) is 0 Å². The van der Waals surface area contributed by atoms with Crippen LogP contribution in [0, 0.1) is 25.2 Å². The standard InChI is InChI=1S/C12H12BrN/c1-8(4-5-14)11-6-9(2)12(13)10(3)7-11/h4,6-7H,1-3H3/b8-4+. The molecule has 0 saturated heterocycles. The predicted molar refractivity (Wildman–Crippen MR) is 62.9 cm³/mol. The molecule has 2 heteroatoms. The fourth-order valence-electron chi connectivity index (χ4n) is 1.35. The van der Waals surface area contributed by atoms with Crippen molar-refractivity contribution in [1.29, 1.82) is 5.26 Å². The molecular weight excluding hydrogens is 238 g/mol. The largest absolute Gasteiger partial charge is 0.193 e. The summed E-state index contributed by atoms with van der Waals surface area (Å²) < 4.78 is 1.14. The Morgan fingerprint density at radius 2 is 1.86 bits per heavy atom. The zero-order chi connectivity index (χ0) is 10.7. The summed E-state index contributed by atoms with van der Waals surface area (Å²) in [5.41, 5.74) is 4.52. The van der Waals surface area contributed by atoms with Crippen LogP contribution in [0.3, 0.4) is 0 Å². The fourth-order valence-corrected chi connectivity index (χ4v) is 1.58. The number of hydrogen-bond donors (Lipinski definition) is 0. The Labute approximate surface area is 93.2 Å². The smallest absolute Gasteiger partial charge is 0.0915 e. The third-order valence-electron chi connectivity index (χ3n) is 2.17. The number of nitrogens with zero attached hydrogens (tertiary/aromatic N) is 1. The Bertz CT molecular complexity index is 401. The molecule has 0 fully saturated rings. The van der Waals surface area contributed by atoms with Gasteiger partial charge in [-0.05, 0) is 43.0 Å². The lowest BCUT2D eigenvalue weighted by atomic mass is 10.0. The second-order valence-corrected chi connectivity index (χ2v) is 4.17. The molecule has 0 heterocycles. The van der Waals surface area contributed by atoms with E-state index in [-0.39, 0.29) is 0 Å². The summed E-state index contributed by atoms with van der Waals surface area (Å²) in [5, 5.41) is 8.56. The monoisotopic (exact) mass is 249 g/mol. The molecule has 1 rings (SSSR count). The Hall–Kier alpha value is -1.07. The van der Waals surface area contributed by atoms with Gasteiger partial charge in [-0.1, -0.05) is 28.1 Å². The van der Waals surface area contributed by atoms with Crippen molar-refractivity contribution in [3.8, 4) is 6.07 Å². The number of aryl methyl sites for hydroxylation is 2. The fraction of sp³-hybridized carbons (Fsp3) is 0.250. The van der Waals surface area contributed by atoms with E-state index in [1.54, 1.807) is 6.08 Å². The molecule has 0 radical (unpaired) electrons. The van der Waals surface area contributed by atoms with E-state index in [2.05, 4.69) is 41.9 Å². The Balaban J connectivity index is 3.27. The molecule has 0 bridgehead atoms. The maximum absolute atomic E-state index is 8.56. The summed E-state index contributed by atoms with van der Waals surface area (Å²) in [4.78, 5) is 0. The summed E-state index contributed by atoms with van der Waals surface area (Å²) in [6.07, 6.45) is 1.57. The van der Waals surface area contributed by atoms with Crippen LogP contribution < -0.4 is 0 Å². The van der Waals surface area contributed by atoms with Crippen molar-refractivity contribution in [3.05, 3.63) is 39.4 Å². The number of rotatable bonds is 1. The first-order chi connectivity index (χ1) is 6.56. The lowest BCUT2D eigenvalue weighted by Gasteiger charge is -2.07. The lowest BCUT2D eigenvalue weighted by Crippen LogP contribution is -1.87. The Morgan fingerprint density at radius 3 is 2.29 bits per heavy atom. The molecule has 1 nitrogen and oxygen atoms in total. The molecule has 0 aliphatic heterocycles. The molecule has 0 N–H and O–H groups in total. The van der Waals surface area contributed by atoms with Crippen LogP contribution in [0.5, 0.6) is 0 Å². The predicted octanol–water partition coefficient (Wildman–Crippen LogP) is 3.99. The topological polar surface area (TPSA) is 23.8 Å². The van der Waals surface area contributed by atoms with Gasteiger partial charge in [0.25, 0.3) is 0 Å². The van der Waals surface area contributed by atoms with Gasteiger partial charge < -0.3 is 0 Å². The van der Waals surface area contributed by atoms with Crippen molar-refractivity contribution < 1.29 is 0 Å². The van der Waals surface area contributed by atoms with Gasteiger partial charge in [0.05, 0.1) is 6.07 Å². The third-order valence-corrected chi connectivity index (χ3v) is 3.42. The van der Waals surface area contributed by atoms with E-state index in [9.17, 15) is 0 Å². The van der Waals surface area contributed by atoms with Crippen molar-refractivity contribution in [2.45, 2.75) is 20.8 Å². The van der Waals surface area contributed by atoms with E-state index in [1.165, 1.54) is 11.1 Å². The molecule has 0 atom stereocenters. The van der Waals surface area contributed by atoms with Gasteiger partial charge in [0, 0.05) is 10.5 Å². The molecule has 0 aliphatic carbocycles. The van der Waals surface area contributed by atoms with Crippen LogP contribution in [0.4, 0.5) is 0 Å². The highest BCUT2D eigenvalue weighted by atomic mass is 79.9. The second-order valence-electron chi connectivity index (χ2n) is 3.38. The van der Waals surface area contributed by atoms with E-state index >= 15 is 0 Å². The molecule has 14 heavy (non-hydrogen) atoms. The van der Waals surface area contributed by atoms with Gasteiger partial charge in [0.2, 0.25) is 0 Å². The molecule has 0 saturated carbocycles. The van der Waals surface area contributed by atoms with Gasteiger partial charge in [-0.15, -0.1) is 0 Å². The third kappa shape index (κ3) is 2.24. The first kappa shape index (κ1) is 11.0. The summed E-state index contributed by atoms with van der Waals surface area (Å²) >= 11 is 3.52. The summed E-state index contributed by atoms with van der Waals surface area (Å²) in [6, 6.07) is 6.21. The molecule has 0 unspecified atom stereocenters. The normalized spacial score (nSPS) is 11.2. The van der Waals surface area contributed by atoms with Gasteiger partial charge >= 0.3 is 0 Å². The molecular formula is C12H12BrN. The molecule has 1 aromatic rings. The van der Waals surface area contributed by atoms with Crippen LogP contribution in [0.2, 0.25) is 0 Å². The molecule has 72 valence electrons. The van der Waals surface area contributed by atoms with E-state index in [4.69, 9.17) is 5.26 Å². The average molecular weight is 250 g/mol. The average Bonchev–Trinajstić information content (AvgIpc) is 2.13. The summed E-state index contributed by atoms with van der Waals surface area (Å²) in [6.45, 7) is 6.06. The van der Waals surface area contributed by atoms with Gasteiger partial charge in [0.1, 0.15) is 0 Å². The molecule has 1 aromatic carbocycles. The van der Waals surface area contributed by atoms with Crippen molar-refractivity contribution in [2.75, 3.05) is 0 Å². The van der Waals surface area contributed by atoms with E-state index < -0.39 is 0 Å². The number of allylic oxidation sites excluding steroid dienone is 2. The number of hydrogen-bond acceptors (Lipinski definition) is 1. The van der Waals surface area contributed by atoms with Crippen molar-refractivity contribution in [1.82, 2.24) is 0 Å². The zero-order valence-corrected chi connectivity index (χ0v) is 10.1. The minimum absolute atomic E-state index is 1.01. The molecule has 0 aliphatic rings. The Kier molecular flexibility index (Phi) is 3.49.